The van der Waals surface area contributed by atoms with Crippen molar-refractivity contribution in [3.05, 3.63) is 65.0 Å². The number of halogens is 1. The molecular formula is C14H9ClN2O. The normalized spacial score (nSPS) is 19.4. The lowest BCUT2D eigenvalue weighted by Crippen LogP contribution is -2.26. The molecule has 0 N–H and O–H groups in total. The van der Waals surface area contributed by atoms with Gasteiger partial charge in [-0.15, -0.1) is 0 Å². The van der Waals surface area contributed by atoms with E-state index in [0.29, 0.717) is 16.6 Å². The average Bonchev–Trinajstić information content (AvgIpc) is 2.70. The lowest BCUT2D eigenvalue weighted by atomic mass is 10.2. The molecule has 88 valence electrons. The van der Waals surface area contributed by atoms with E-state index in [2.05, 4.69) is 4.99 Å². The van der Waals surface area contributed by atoms with Crippen LogP contribution >= 0.6 is 11.6 Å². The summed E-state index contributed by atoms with van der Waals surface area (Å²) in [6.45, 7) is 0. The Balaban J connectivity index is 1.96. The van der Waals surface area contributed by atoms with Crippen molar-refractivity contribution >= 4 is 29.4 Å². The average molecular weight is 257 g/mol. The Morgan fingerprint density at radius 3 is 2.67 bits per heavy atom. The highest BCUT2D eigenvalue weighted by molar-refractivity contribution is 6.30. The molecule has 0 aliphatic carbocycles. The summed E-state index contributed by atoms with van der Waals surface area (Å²) in [7, 11) is 0. The minimum Gasteiger partial charge on any atom is -0.266 e. The maximum absolute atomic E-state index is 12.0. The molecule has 0 saturated carbocycles. The maximum Gasteiger partial charge on any atom is 0.282 e. The Morgan fingerprint density at radius 1 is 1.17 bits per heavy atom. The summed E-state index contributed by atoms with van der Waals surface area (Å²) in [6, 6.07) is 7.28. The van der Waals surface area contributed by atoms with E-state index in [9.17, 15) is 4.79 Å². The molecule has 0 bridgehead atoms. The first-order chi connectivity index (χ1) is 8.74. The van der Waals surface area contributed by atoms with Gasteiger partial charge in [0.2, 0.25) is 0 Å². The van der Waals surface area contributed by atoms with Crippen LogP contribution in [0.25, 0.3) is 6.08 Å². The Hall–Kier alpha value is -2.13. The first kappa shape index (κ1) is 11.0. The van der Waals surface area contributed by atoms with Gasteiger partial charge in [0.15, 0.2) is 0 Å². The molecule has 0 unspecified atom stereocenters. The van der Waals surface area contributed by atoms with Gasteiger partial charge in [0.25, 0.3) is 5.91 Å². The summed E-state index contributed by atoms with van der Waals surface area (Å²) in [5.74, 6) is 0.545. The number of carbonyl (C=O) groups excluding carboxylic acids is 1. The molecule has 1 aromatic rings. The SMILES string of the molecule is O=C1/C(=C\c2ccc(Cl)cc2)N=C2C=CC=CN12. The molecule has 2 heterocycles. The van der Waals surface area contributed by atoms with Crippen LogP contribution in [-0.2, 0) is 4.79 Å². The summed E-state index contributed by atoms with van der Waals surface area (Å²) >= 11 is 5.81. The largest absolute Gasteiger partial charge is 0.282 e. The second-order valence-corrected chi connectivity index (χ2v) is 4.36. The molecule has 1 aromatic carbocycles. The van der Waals surface area contributed by atoms with Gasteiger partial charge in [0.1, 0.15) is 11.5 Å². The zero-order valence-electron chi connectivity index (χ0n) is 9.38. The monoisotopic (exact) mass is 256 g/mol. The maximum atomic E-state index is 12.0. The topological polar surface area (TPSA) is 32.7 Å². The highest BCUT2D eigenvalue weighted by Crippen LogP contribution is 2.21. The molecule has 2 aliphatic rings. The van der Waals surface area contributed by atoms with E-state index in [0.717, 1.165) is 5.56 Å². The summed E-state index contributed by atoms with van der Waals surface area (Å²) < 4.78 is 0. The van der Waals surface area contributed by atoms with Crippen LogP contribution in [0.2, 0.25) is 5.02 Å². The molecular weight excluding hydrogens is 248 g/mol. The fourth-order valence-corrected chi connectivity index (χ4v) is 1.93. The summed E-state index contributed by atoms with van der Waals surface area (Å²) in [5.41, 5.74) is 1.34. The van der Waals surface area contributed by atoms with Crippen molar-refractivity contribution in [2.75, 3.05) is 0 Å². The third kappa shape index (κ3) is 1.89. The van der Waals surface area contributed by atoms with Crippen LogP contribution in [0.4, 0.5) is 0 Å². The van der Waals surface area contributed by atoms with Crippen molar-refractivity contribution in [2.24, 2.45) is 4.99 Å². The number of nitrogens with zero attached hydrogens (tertiary/aromatic N) is 2. The van der Waals surface area contributed by atoms with Gasteiger partial charge in [-0.05, 0) is 35.9 Å². The van der Waals surface area contributed by atoms with Gasteiger partial charge in [0, 0.05) is 11.2 Å². The van der Waals surface area contributed by atoms with E-state index in [1.54, 1.807) is 30.5 Å². The number of benzene rings is 1. The third-order valence-electron chi connectivity index (χ3n) is 2.68. The second kappa shape index (κ2) is 4.27. The van der Waals surface area contributed by atoms with Crippen molar-refractivity contribution in [1.82, 2.24) is 4.90 Å². The number of hydrogen-bond acceptors (Lipinski definition) is 2. The fraction of sp³-hybridized carbons (Fsp3) is 0. The van der Waals surface area contributed by atoms with E-state index in [-0.39, 0.29) is 5.91 Å². The van der Waals surface area contributed by atoms with Gasteiger partial charge in [-0.2, -0.15) is 0 Å². The number of carbonyl (C=O) groups is 1. The Morgan fingerprint density at radius 2 is 1.94 bits per heavy atom. The smallest absolute Gasteiger partial charge is 0.266 e. The molecule has 0 saturated heterocycles. The Kier molecular flexibility index (Phi) is 2.61. The van der Waals surface area contributed by atoms with Gasteiger partial charge in [-0.3, -0.25) is 9.69 Å². The number of allylic oxidation sites excluding steroid dienone is 2. The molecule has 4 heteroatoms. The van der Waals surface area contributed by atoms with E-state index in [1.165, 1.54) is 4.90 Å². The number of fused-ring (bicyclic) bond motifs is 1. The fourth-order valence-electron chi connectivity index (χ4n) is 1.80. The molecule has 2 aliphatic heterocycles. The third-order valence-corrected chi connectivity index (χ3v) is 2.94. The van der Waals surface area contributed by atoms with Crippen molar-refractivity contribution in [1.29, 1.82) is 0 Å². The molecule has 18 heavy (non-hydrogen) atoms. The quantitative estimate of drug-likeness (QED) is 0.711. The van der Waals surface area contributed by atoms with Gasteiger partial charge < -0.3 is 0 Å². The van der Waals surface area contributed by atoms with Gasteiger partial charge in [-0.1, -0.05) is 29.8 Å². The molecule has 1 amide bonds. The number of amidine groups is 1. The first-order valence-electron chi connectivity index (χ1n) is 5.48. The highest BCUT2D eigenvalue weighted by atomic mass is 35.5. The van der Waals surface area contributed by atoms with E-state index in [1.807, 2.05) is 24.3 Å². The van der Waals surface area contributed by atoms with Crippen LogP contribution in [0.15, 0.2) is 59.4 Å². The standard InChI is InChI=1S/C14H9ClN2O/c15-11-6-4-10(5-7-11)9-12-14(18)17-8-2-1-3-13(17)16-12/h1-9H/b12-9+. The number of aliphatic imine (C=N–C) groups is 1. The minimum absolute atomic E-state index is 0.111. The Labute approximate surface area is 109 Å². The van der Waals surface area contributed by atoms with Crippen molar-refractivity contribution in [3.63, 3.8) is 0 Å². The summed E-state index contributed by atoms with van der Waals surface area (Å²) in [4.78, 5) is 17.9. The lowest BCUT2D eigenvalue weighted by Gasteiger charge is -2.11. The van der Waals surface area contributed by atoms with Crippen LogP contribution < -0.4 is 0 Å². The first-order valence-corrected chi connectivity index (χ1v) is 5.86. The highest BCUT2D eigenvalue weighted by Gasteiger charge is 2.27. The molecule has 3 rings (SSSR count). The van der Waals surface area contributed by atoms with Gasteiger partial charge in [-0.25, -0.2) is 4.99 Å². The van der Waals surface area contributed by atoms with Crippen LogP contribution in [0.1, 0.15) is 5.56 Å². The minimum atomic E-state index is -0.111. The second-order valence-electron chi connectivity index (χ2n) is 3.93. The predicted octanol–water partition coefficient (Wildman–Crippen LogP) is 3.01. The predicted molar refractivity (Wildman–Crippen MR) is 72.0 cm³/mol. The molecule has 0 spiro atoms. The van der Waals surface area contributed by atoms with Crippen molar-refractivity contribution in [2.45, 2.75) is 0 Å². The zero-order valence-corrected chi connectivity index (χ0v) is 10.1. The summed E-state index contributed by atoms with van der Waals surface area (Å²) in [6.07, 6.45) is 8.94. The zero-order chi connectivity index (χ0) is 12.5. The summed E-state index contributed by atoms with van der Waals surface area (Å²) in [5, 5.41) is 0.671. The van der Waals surface area contributed by atoms with Gasteiger partial charge >= 0.3 is 0 Å². The van der Waals surface area contributed by atoms with Crippen LogP contribution in [0.5, 0.6) is 0 Å². The van der Waals surface area contributed by atoms with Crippen molar-refractivity contribution in [3.8, 4) is 0 Å². The Bertz CT molecular complexity index is 624. The van der Waals surface area contributed by atoms with Gasteiger partial charge in [0.05, 0.1) is 0 Å². The molecule has 0 atom stereocenters. The van der Waals surface area contributed by atoms with Crippen LogP contribution in [-0.4, -0.2) is 16.6 Å². The number of rotatable bonds is 1. The molecule has 0 fully saturated rings. The van der Waals surface area contributed by atoms with E-state index in [4.69, 9.17) is 11.6 Å². The van der Waals surface area contributed by atoms with E-state index < -0.39 is 0 Å². The number of hydrogen-bond donors (Lipinski definition) is 0. The van der Waals surface area contributed by atoms with Crippen molar-refractivity contribution < 1.29 is 4.79 Å². The van der Waals surface area contributed by atoms with Crippen LogP contribution in [0.3, 0.4) is 0 Å². The molecule has 3 nitrogen and oxygen atoms in total. The lowest BCUT2D eigenvalue weighted by molar-refractivity contribution is -0.120. The van der Waals surface area contributed by atoms with Crippen LogP contribution in [0, 0.1) is 0 Å². The van der Waals surface area contributed by atoms with E-state index >= 15 is 0 Å². The molecule has 0 aromatic heterocycles. The number of amides is 1. The molecule has 0 radical (unpaired) electrons.